The third-order valence-electron chi connectivity index (χ3n) is 17.6. The fourth-order valence-electron chi connectivity index (χ4n) is 13.8. The topological polar surface area (TPSA) is 3.24 Å². The van der Waals surface area contributed by atoms with Crippen LogP contribution < -0.4 is 15.3 Å². The van der Waals surface area contributed by atoms with E-state index in [0.29, 0.717) is 0 Å². The number of hydrogen-bond donors (Lipinski definition) is 0. The number of thiophene rings is 1. The molecule has 0 bridgehead atoms. The first-order chi connectivity index (χ1) is 39.1. The Hall–Kier alpha value is -9.38. The van der Waals surface area contributed by atoms with E-state index < -0.39 is 9.52 Å². The van der Waals surface area contributed by atoms with Crippen molar-refractivity contribution in [2.75, 3.05) is 4.90 Å². The summed E-state index contributed by atoms with van der Waals surface area (Å²) < 4.78 is 2.70. The van der Waals surface area contributed by atoms with Gasteiger partial charge in [0, 0.05) is 37.5 Å². The van der Waals surface area contributed by atoms with Crippen LogP contribution in [0.3, 0.4) is 0 Å². The van der Waals surface area contributed by atoms with E-state index in [-0.39, 0.29) is 12.0 Å². The molecule has 0 N–H and O–H groups in total. The lowest BCUT2D eigenvalue weighted by Crippen LogP contribution is -2.30. The average molecular weight is 1040 g/mol. The Labute approximate surface area is 465 Å². The number of anilines is 2. The van der Waals surface area contributed by atoms with E-state index >= 15 is 0 Å². The Morgan fingerprint density at radius 3 is 1.54 bits per heavy atom. The first kappa shape index (κ1) is 44.7. The summed E-state index contributed by atoms with van der Waals surface area (Å²) in [7, 11) is -0.732. The fraction of sp³-hybridized carbons (Fsp3) is 0.0263. The number of hydrogen-bond acceptors (Lipinski definition) is 2. The molecule has 3 aliphatic rings. The molecule has 368 valence electrons. The standard InChI is InChI=1S/C76H49NSSi/c1-3-13-57-54(11-1)42-66(61-17-7-5-15-59(57)61)48-25-21-46(22-26-48)50-30-36-71-68(39-50)69-40-51(47-23-27-49(28-24-47)67-43-55-12-2-4-14-58(55)60-16-6-8-18-62(60)67)31-37-72(69)77(71)56-33-35-65-64-34-29-53(44-75(64)79-76(65)45-56)52-32-38-74-70(41-52)63-19-9-10-20-73(63)78-74/h1-45,68,71H,79H2. The molecule has 0 saturated carbocycles. The molecular weight excluding hydrogens is 987 g/mol. The van der Waals surface area contributed by atoms with Crippen LogP contribution in [-0.2, 0) is 0 Å². The van der Waals surface area contributed by atoms with Gasteiger partial charge < -0.3 is 4.90 Å². The van der Waals surface area contributed by atoms with Crippen LogP contribution in [0.2, 0.25) is 0 Å². The van der Waals surface area contributed by atoms with Gasteiger partial charge >= 0.3 is 0 Å². The van der Waals surface area contributed by atoms with Crippen molar-refractivity contribution in [3.63, 3.8) is 0 Å². The van der Waals surface area contributed by atoms with E-state index in [4.69, 9.17) is 0 Å². The number of benzene rings is 13. The molecule has 17 rings (SSSR count). The van der Waals surface area contributed by atoms with Crippen LogP contribution >= 0.6 is 11.3 Å². The van der Waals surface area contributed by atoms with Crippen molar-refractivity contribution in [3.05, 3.63) is 284 Å². The zero-order valence-corrected chi connectivity index (χ0v) is 45.4. The molecule has 0 amide bonds. The van der Waals surface area contributed by atoms with Gasteiger partial charge in [-0.25, -0.2) is 0 Å². The lowest BCUT2D eigenvalue weighted by atomic mass is 9.85. The Morgan fingerprint density at radius 2 is 0.848 bits per heavy atom. The van der Waals surface area contributed by atoms with E-state index in [2.05, 4.69) is 278 Å². The predicted octanol–water partition coefficient (Wildman–Crippen LogP) is 18.7. The Balaban J connectivity index is 0.731. The third-order valence-corrected chi connectivity index (χ3v) is 20.7. The van der Waals surface area contributed by atoms with Crippen LogP contribution in [0.15, 0.2) is 273 Å². The molecule has 0 fully saturated rings. The minimum Gasteiger partial charge on any atom is -0.333 e. The maximum Gasteiger partial charge on any atom is 0.0892 e. The lowest BCUT2D eigenvalue weighted by Gasteiger charge is -2.30. The van der Waals surface area contributed by atoms with Gasteiger partial charge in [-0.05, 0) is 170 Å². The van der Waals surface area contributed by atoms with Crippen LogP contribution in [0.25, 0.3) is 124 Å². The summed E-state index contributed by atoms with van der Waals surface area (Å²) in [5.41, 5.74) is 19.3. The Bertz CT molecular complexity index is 4940. The van der Waals surface area contributed by atoms with E-state index in [1.807, 2.05) is 11.3 Å². The zero-order valence-electron chi connectivity index (χ0n) is 43.2. The van der Waals surface area contributed by atoms with Crippen LogP contribution in [0.1, 0.15) is 17.0 Å². The summed E-state index contributed by atoms with van der Waals surface area (Å²) in [5.74, 6) is 0.158. The second kappa shape index (κ2) is 17.6. The van der Waals surface area contributed by atoms with E-state index in [9.17, 15) is 0 Å². The second-order valence-corrected chi connectivity index (χ2v) is 24.8. The molecule has 1 nitrogen and oxygen atoms in total. The van der Waals surface area contributed by atoms with Gasteiger partial charge in [-0.2, -0.15) is 0 Å². The molecule has 79 heavy (non-hydrogen) atoms. The van der Waals surface area contributed by atoms with Crippen molar-refractivity contribution in [3.8, 4) is 55.6 Å². The van der Waals surface area contributed by atoms with Crippen molar-refractivity contribution >= 4 is 111 Å². The summed E-state index contributed by atoms with van der Waals surface area (Å²) in [6.07, 6.45) is 7.41. The number of allylic oxidation sites excluding steroid dienone is 2. The maximum absolute atomic E-state index is 2.64. The highest BCUT2D eigenvalue weighted by atomic mass is 32.1. The molecule has 1 aliphatic carbocycles. The maximum atomic E-state index is 2.64. The summed E-state index contributed by atoms with van der Waals surface area (Å²) in [4.78, 5) is 2.64. The summed E-state index contributed by atoms with van der Waals surface area (Å²) in [5, 5.41) is 16.0. The van der Waals surface area contributed by atoms with Crippen LogP contribution in [0, 0.1) is 0 Å². The van der Waals surface area contributed by atoms with Crippen molar-refractivity contribution in [2.24, 2.45) is 0 Å². The molecule has 1 aromatic heterocycles. The lowest BCUT2D eigenvalue weighted by molar-refractivity contribution is 0.747. The molecule has 0 saturated heterocycles. The smallest absolute Gasteiger partial charge is 0.0892 e. The molecular formula is C76H49NSSi. The van der Waals surface area contributed by atoms with E-state index in [0.717, 1.165) is 0 Å². The van der Waals surface area contributed by atoms with Gasteiger partial charge in [-0.15, -0.1) is 11.3 Å². The third kappa shape index (κ3) is 7.13. The normalized spacial score (nSPS) is 15.6. The summed E-state index contributed by atoms with van der Waals surface area (Å²) in [6.45, 7) is 0. The van der Waals surface area contributed by atoms with Crippen LogP contribution in [0.4, 0.5) is 11.4 Å². The first-order valence-electron chi connectivity index (χ1n) is 27.7. The monoisotopic (exact) mass is 1040 g/mol. The minimum absolute atomic E-state index is 0.138. The highest BCUT2D eigenvalue weighted by Crippen LogP contribution is 2.51. The minimum atomic E-state index is -0.732. The molecule has 14 aromatic rings. The van der Waals surface area contributed by atoms with Crippen molar-refractivity contribution in [1.29, 1.82) is 0 Å². The molecule has 0 spiro atoms. The van der Waals surface area contributed by atoms with Crippen LogP contribution in [-0.4, -0.2) is 15.6 Å². The Morgan fingerprint density at radius 1 is 0.342 bits per heavy atom. The van der Waals surface area contributed by atoms with Crippen molar-refractivity contribution in [1.82, 2.24) is 0 Å². The van der Waals surface area contributed by atoms with Gasteiger partial charge in [0.2, 0.25) is 0 Å². The van der Waals surface area contributed by atoms with Gasteiger partial charge in [0.1, 0.15) is 0 Å². The van der Waals surface area contributed by atoms with Gasteiger partial charge in [0.15, 0.2) is 0 Å². The summed E-state index contributed by atoms with van der Waals surface area (Å²) in [6, 6.07) is 96.3. The van der Waals surface area contributed by atoms with Gasteiger partial charge in [-0.1, -0.05) is 229 Å². The highest BCUT2D eigenvalue weighted by Gasteiger charge is 2.39. The molecule has 13 aromatic carbocycles. The molecule has 3 heterocycles. The van der Waals surface area contributed by atoms with Gasteiger partial charge in [0.25, 0.3) is 0 Å². The van der Waals surface area contributed by atoms with E-state index in [1.165, 1.54) is 157 Å². The first-order valence-corrected chi connectivity index (χ1v) is 29.9. The van der Waals surface area contributed by atoms with Crippen LogP contribution in [0.5, 0.6) is 0 Å². The van der Waals surface area contributed by atoms with Crippen molar-refractivity contribution in [2.45, 2.75) is 12.0 Å². The van der Waals surface area contributed by atoms with Crippen molar-refractivity contribution < 1.29 is 0 Å². The average Bonchev–Trinajstić information content (AvgIpc) is 4.39. The quantitative estimate of drug-likeness (QED) is 0.118. The zero-order chi connectivity index (χ0) is 51.7. The second-order valence-electron chi connectivity index (χ2n) is 21.9. The number of fused-ring (bicyclic) bond motifs is 15. The highest BCUT2D eigenvalue weighted by molar-refractivity contribution is 7.25. The fourth-order valence-corrected chi connectivity index (χ4v) is 16.9. The number of nitrogens with zero attached hydrogens (tertiary/aromatic N) is 1. The molecule has 2 aliphatic heterocycles. The molecule has 2 atom stereocenters. The number of rotatable bonds is 6. The summed E-state index contributed by atoms with van der Waals surface area (Å²) >= 11 is 1.89. The van der Waals surface area contributed by atoms with E-state index in [1.54, 1.807) is 0 Å². The van der Waals surface area contributed by atoms with Gasteiger partial charge in [0.05, 0.1) is 15.6 Å². The molecule has 2 unspecified atom stereocenters. The molecule has 0 radical (unpaired) electrons. The molecule has 3 heteroatoms. The Kier molecular flexibility index (Phi) is 9.95. The predicted molar refractivity (Wildman–Crippen MR) is 343 cm³/mol. The largest absolute Gasteiger partial charge is 0.333 e. The SMILES string of the molecule is C1=CC2C(C=C1c1ccc(-c3cc4ccccc4c4ccccc34)cc1)c1cc(-c3ccc(-c4cc5ccccc5c5ccccc45)cc3)ccc1N2c1ccc2c(c1)[SiH2]c1cc(-c3ccc4sc5ccccc5c4c3)ccc1-2. The van der Waals surface area contributed by atoms with Gasteiger partial charge in [-0.3, -0.25) is 0 Å².